The zero-order valence-corrected chi connectivity index (χ0v) is 21.8. The number of hydrogen-bond donors (Lipinski definition) is 0. The number of halogens is 7. The van der Waals surface area contributed by atoms with E-state index in [9.17, 15) is 35.5 Å². The van der Waals surface area contributed by atoms with Crippen LogP contribution in [-0.4, -0.2) is 36.7 Å². The largest absolute Gasteiger partial charge is 0.416 e. The number of carbonyl (C=O) groups excluding carboxylic acids is 1. The predicted molar refractivity (Wildman–Crippen MR) is 130 cm³/mol. The molecule has 0 radical (unpaired) electrons. The van der Waals surface area contributed by atoms with Crippen LogP contribution >= 0.6 is 0 Å². The van der Waals surface area contributed by atoms with Gasteiger partial charge in [-0.3, -0.25) is 4.79 Å². The van der Waals surface area contributed by atoms with E-state index in [0.717, 1.165) is 11.3 Å². The van der Waals surface area contributed by atoms with E-state index in [1.54, 1.807) is 19.1 Å². The third kappa shape index (κ3) is 5.63. The van der Waals surface area contributed by atoms with Crippen molar-refractivity contribution in [3.63, 3.8) is 0 Å². The molecule has 4 nitrogen and oxygen atoms in total. The van der Waals surface area contributed by atoms with Crippen molar-refractivity contribution in [2.24, 2.45) is 11.8 Å². The Labute approximate surface area is 226 Å². The highest BCUT2D eigenvalue weighted by atomic mass is 19.4. The fourth-order valence-corrected chi connectivity index (χ4v) is 6.09. The maximum atomic E-state index is 13.8. The molecule has 40 heavy (non-hydrogen) atoms. The molecular weight excluding hydrogens is 543 g/mol. The molecule has 1 aliphatic carbocycles. The lowest BCUT2D eigenvalue weighted by Crippen LogP contribution is -2.42. The van der Waals surface area contributed by atoms with Crippen LogP contribution in [0.2, 0.25) is 0 Å². The SMILES string of the molecule is CC1=C(N2C[C@H]3CO[C@H](O[C@H](C)c4cc(C(F)(F)F)cc(C(F)(F)F)c4)[C@@H](c4ccc(F)cc4)[C@@H]3C2)CCC1=O. The first-order valence-electron chi connectivity index (χ1n) is 13.0. The van der Waals surface area contributed by atoms with Crippen molar-refractivity contribution in [3.05, 3.63) is 81.8 Å². The van der Waals surface area contributed by atoms with Crippen LogP contribution in [-0.2, 0) is 26.6 Å². The van der Waals surface area contributed by atoms with Gasteiger partial charge < -0.3 is 14.4 Å². The first-order chi connectivity index (χ1) is 18.7. The van der Waals surface area contributed by atoms with E-state index in [2.05, 4.69) is 4.90 Å². The second kappa shape index (κ2) is 10.5. The van der Waals surface area contributed by atoms with Crippen molar-refractivity contribution in [3.8, 4) is 0 Å². The van der Waals surface area contributed by atoms with Gasteiger partial charge in [0.1, 0.15) is 5.82 Å². The molecule has 0 amide bonds. The van der Waals surface area contributed by atoms with E-state index in [1.807, 2.05) is 0 Å². The Hall–Kier alpha value is -2.92. The van der Waals surface area contributed by atoms with Gasteiger partial charge in [-0.15, -0.1) is 0 Å². The Bertz CT molecular complexity index is 1270. The van der Waals surface area contributed by atoms with E-state index in [0.29, 0.717) is 43.6 Å². The summed E-state index contributed by atoms with van der Waals surface area (Å²) < 4.78 is 107. The van der Waals surface area contributed by atoms with Gasteiger partial charge in [-0.1, -0.05) is 12.1 Å². The number of allylic oxidation sites excluding steroid dienone is 2. The highest BCUT2D eigenvalue weighted by molar-refractivity contribution is 5.97. The topological polar surface area (TPSA) is 38.8 Å². The quantitative estimate of drug-likeness (QED) is 0.354. The Morgan fingerprint density at radius 1 is 0.950 bits per heavy atom. The molecule has 2 aliphatic heterocycles. The van der Waals surface area contributed by atoms with Crippen LogP contribution in [0.25, 0.3) is 0 Å². The Kier molecular flexibility index (Phi) is 7.50. The lowest BCUT2D eigenvalue weighted by Gasteiger charge is -2.40. The van der Waals surface area contributed by atoms with Gasteiger partial charge in [0.05, 0.1) is 23.8 Å². The zero-order chi connectivity index (χ0) is 29.0. The van der Waals surface area contributed by atoms with Gasteiger partial charge in [0.2, 0.25) is 0 Å². The van der Waals surface area contributed by atoms with Gasteiger partial charge >= 0.3 is 12.4 Å². The summed E-state index contributed by atoms with van der Waals surface area (Å²) in [6.07, 6.45) is -11.1. The molecule has 2 aromatic rings. The molecule has 2 heterocycles. The highest BCUT2D eigenvalue weighted by Crippen LogP contribution is 2.47. The highest BCUT2D eigenvalue weighted by Gasteiger charge is 2.48. The molecule has 11 heteroatoms. The standard InChI is InChI=1S/C29H28F7NO3/c1-15-24(7-8-25(15)38)37-12-19-14-39-27(26(23(19)13-37)17-3-5-22(30)6-4-17)40-16(2)18-9-20(28(31,32)33)11-21(10-18)29(34,35)36/h3-6,9-11,16,19,23,26-27H,7-8,12-14H2,1-2H3/t16-,19+,23-,26+,27-/m1/s1. The number of carbonyl (C=O) groups is 1. The third-order valence-electron chi connectivity index (χ3n) is 8.21. The second-order valence-corrected chi connectivity index (χ2v) is 10.7. The monoisotopic (exact) mass is 571 g/mol. The number of ether oxygens (including phenoxy) is 2. The third-order valence-corrected chi connectivity index (χ3v) is 8.21. The minimum Gasteiger partial charge on any atom is -0.374 e. The predicted octanol–water partition coefficient (Wildman–Crippen LogP) is 7.27. The van der Waals surface area contributed by atoms with E-state index in [1.165, 1.54) is 19.1 Å². The fourth-order valence-electron chi connectivity index (χ4n) is 6.09. The van der Waals surface area contributed by atoms with Crippen molar-refractivity contribution in [2.45, 2.75) is 57.4 Å². The van der Waals surface area contributed by atoms with Crippen LogP contribution in [0, 0.1) is 17.7 Å². The first kappa shape index (κ1) is 28.6. The summed E-state index contributed by atoms with van der Waals surface area (Å²) >= 11 is 0. The van der Waals surface area contributed by atoms with E-state index < -0.39 is 47.6 Å². The molecule has 0 saturated carbocycles. The van der Waals surface area contributed by atoms with Crippen LogP contribution < -0.4 is 0 Å². The number of ketones is 1. The fraction of sp³-hybridized carbons (Fsp3) is 0.483. The molecule has 2 fully saturated rings. The average Bonchev–Trinajstić information content (AvgIpc) is 3.46. The molecule has 0 N–H and O–H groups in total. The minimum atomic E-state index is -4.98. The Morgan fingerprint density at radius 2 is 1.57 bits per heavy atom. The number of rotatable bonds is 5. The maximum Gasteiger partial charge on any atom is 0.416 e. The smallest absolute Gasteiger partial charge is 0.374 e. The lowest BCUT2D eigenvalue weighted by atomic mass is 9.77. The average molecular weight is 572 g/mol. The number of nitrogens with zero attached hydrogens (tertiary/aromatic N) is 1. The van der Waals surface area contributed by atoms with Gasteiger partial charge in [-0.25, -0.2) is 4.39 Å². The molecule has 0 unspecified atom stereocenters. The van der Waals surface area contributed by atoms with Crippen LogP contribution in [0.5, 0.6) is 0 Å². The molecule has 3 aliphatic rings. The van der Waals surface area contributed by atoms with Crippen LogP contribution in [0.3, 0.4) is 0 Å². The molecule has 5 atom stereocenters. The van der Waals surface area contributed by atoms with E-state index in [4.69, 9.17) is 9.47 Å². The van der Waals surface area contributed by atoms with Gasteiger partial charge in [-0.05, 0) is 67.6 Å². The summed E-state index contributed by atoms with van der Waals surface area (Å²) in [5.74, 6) is -0.862. The summed E-state index contributed by atoms with van der Waals surface area (Å²) in [6, 6.07) is 7.14. The molecule has 2 saturated heterocycles. The number of fused-ring (bicyclic) bond motifs is 1. The number of likely N-dealkylation sites (tertiary alicyclic amines) is 1. The van der Waals surface area contributed by atoms with Crippen LogP contribution in [0.4, 0.5) is 30.7 Å². The van der Waals surface area contributed by atoms with E-state index in [-0.39, 0.29) is 35.9 Å². The van der Waals surface area contributed by atoms with Gasteiger partial charge in [0, 0.05) is 42.6 Å². The second-order valence-electron chi connectivity index (χ2n) is 10.7. The normalized spacial score (nSPS) is 26.4. The summed E-state index contributed by atoms with van der Waals surface area (Å²) in [4.78, 5) is 14.3. The summed E-state index contributed by atoms with van der Waals surface area (Å²) in [5.41, 5.74) is -0.745. The number of alkyl halides is 6. The molecular formula is C29H28F7NO3. The minimum absolute atomic E-state index is 0.0339. The molecule has 2 aromatic carbocycles. The lowest BCUT2D eigenvalue weighted by molar-refractivity contribution is -0.217. The summed E-state index contributed by atoms with van der Waals surface area (Å²) in [6.45, 7) is 4.64. The zero-order valence-electron chi connectivity index (χ0n) is 21.8. The van der Waals surface area contributed by atoms with Crippen molar-refractivity contribution in [1.82, 2.24) is 4.90 Å². The van der Waals surface area contributed by atoms with Crippen molar-refractivity contribution in [2.75, 3.05) is 19.7 Å². The van der Waals surface area contributed by atoms with Crippen LogP contribution in [0.1, 0.15) is 61.0 Å². The maximum absolute atomic E-state index is 13.8. The number of Topliss-reactive ketones (excluding diaryl/α,β-unsaturated/α-hetero) is 1. The summed E-state index contributed by atoms with van der Waals surface area (Å²) in [5, 5.41) is 0. The van der Waals surface area contributed by atoms with Gasteiger partial charge in [0.15, 0.2) is 12.1 Å². The molecule has 216 valence electrons. The first-order valence-corrected chi connectivity index (χ1v) is 13.0. The Balaban J connectivity index is 1.46. The van der Waals surface area contributed by atoms with Gasteiger partial charge in [0.25, 0.3) is 0 Å². The van der Waals surface area contributed by atoms with Crippen LogP contribution in [0.15, 0.2) is 53.7 Å². The molecule has 5 rings (SSSR count). The van der Waals surface area contributed by atoms with E-state index >= 15 is 0 Å². The number of hydrogen-bond acceptors (Lipinski definition) is 4. The molecule has 0 spiro atoms. The van der Waals surface area contributed by atoms with Gasteiger partial charge in [-0.2, -0.15) is 26.3 Å². The molecule has 0 aromatic heterocycles. The van der Waals surface area contributed by atoms with Crippen molar-refractivity contribution in [1.29, 1.82) is 0 Å². The van der Waals surface area contributed by atoms with Crippen molar-refractivity contribution < 1.29 is 45.0 Å². The molecule has 0 bridgehead atoms. The van der Waals surface area contributed by atoms with Crippen molar-refractivity contribution >= 4 is 5.78 Å². The summed E-state index contributed by atoms with van der Waals surface area (Å²) in [7, 11) is 0. The number of benzene rings is 2. The Morgan fingerprint density at radius 3 is 2.12 bits per heavy atom.